The van der Waals surface area contributed by atoms with Crippen LogP contribution in [0.15, 0.2) is 42.5 Å². The molecule has 3 aromatic rings. The maximum Gasteiger partial charge on any atom is 0.296 e. The average Bonchev–Trinajstić information content (AvgIpc) is 2.91. The molecule has 2 aromatic carbocycles. The Morgan fingerprint density at radius 2 is 1.92 bits per heavy atom. The first kappa shape index (κ1) is 16.7. The Kier molecular flexibility index (Phi) is 4.24. The molecule has 126 valence electrons. The number of nitrogens with zero attached hydrogens (tertiary/aromatic N) is 1. The molecule has 1 aromatic heterocycles. The van der Waals surface area contributed by atoms with Crippen molar-refractivity contribution in [2.75, 3.05) is 5.32 Å². The van der Waals surface area contributed by atoms with E-state index in [1.165, 1.54) is 12.1 Å². The minimum atomic E-state index is -0.885. The van der Waals surface area contributed by atoms with Crippen molar-refractivity contribution < 1.29 is 14.5 Å². The SMILES string of the molecule is Cc1[nH]c2ccccc2c1C(=O)C(=O)Nc1ccc(Cl)c([N+](=O)[O-])c1. The molecule has 0 aliphatic carbocycles. The van der Waals surface area contributed by atoms with E-state index in [4.69, 9.17) is 11.6 Å². The summed E-state index contributed by atoms with van der Waals surface area (Å²) >= 11 is 5.73. The Morgan fingerprint density at radius 1 is 1.20 bits per heavy atom. The molecule has 0 saturated heterocycles. The molecular weight excluding hydrogens is 346 g/mol. The number of carbonyl (C=O) groups excluding carboxylic acids is 2. The van der Waals surface area contributed by atoms with Crippen LogP contribution in [0.4, 0.5) is 11.4 Å². The van der Waals surface area contributed by atoms with Crippen LogP contribution in [0, 0.1) is 17.0 Å². The van der Waals surface area contributed by atoms with Crippen molar-refractivity contribution in [3.05, 3.63) is 68.9 Å². The Morgan fingerprint density at radius 3 is 2.64 bits per heavy atom. The van der Waals surface area contributed by atoms with Crippen molar-refractivity contribution >= 4 is 45.6 Å². The summed E-state index contributed by atoms with van der Waals surface area (Å²) in [4.78, 5) is 38.1. The van der Waals surface area contributed by atoms with Gasteiger partial charge in [0.05, 0.1) is 10.5 Å². The second-order valence-corrected chi connectivity index (χ2v) is 5.78. The van der Waals surface area contributed by atoms with Crippen molar-refractivity contribution in [1.29, 1.82) is 0 Å². The zero-order chi connectivity index (χ0) is 18.1. The molecule has 0 unspecified atom stereocenters. The van der Waals surface area contributed by atoms with Crippen molar-refractivity contribution in [2.45, 2.75) is 6.92 Å². The molecule has 0 atom stereocenters. The summed E-state index contributed by atoms with van der Waals surface area (Å²) in [6, 6.07) is 10.9. The third-order valence-electron chi connectivity index (χ3n) is 3.73. The molecule has 0 saturated carbocycles. The molecular formula is C17H12ClN3O4. The number of rotatable bonds is 4. The number of aryl methyl sites for hydroxylation is 1. The van der Waals surface area contributed by atoms with Crippen LogP contribution in [0.1, 0.15) is 16.1 Å². The van der Waals surface area contributed by atoms with E-state index in [0.717, 1.165) is 11.6 Å². The van der Waals surface area contributed by atoms with Gasteiger partial charge in [-0.05, 0) is 25.1 Å². The van der Waals surface area contributed by atoms with Gasteiger partial charge in [-0.2, -0.15) is 0 Å². The number of carbonyl (C=O) groups is 2. The first-order valence-corrected chi connectivity index (χ1v) is 7.63. The number of benzene rings is 2. The Bertz CT molecular complexity index is 1030. The highest BCUT2D eigenvalue weighted by Gasteiger charge is 2.23. The normalized spacial score (nSPS) is 10.6. The van der Waals surface area contributed by atoms with E-state index < -0.39 is 16.6 Å². The minimum Gasteiger partial charge on any atom is -0.358 e. The number of nitro benzene ring substituents is 1. The van der Waals surface area contributed by atoms with E-state index in [0.29, 0.717) is 11.1 Å². The summed E-state index contributed by atoms with van der Waals surface area (Å²) in [6.07, 6.45) is 0. The lowest BCUT2D eigenvalue weighted by Gasteiger charge is -2.05. The molecule has 0 aliphatic heterocycles. The Hall–Kier alpha value is -3.19. The molecule has 0 spiro atoms. The van der Waals surface area contributed by atoms with Gasteiger partial charge in [-0.3, -0.25) is 19.7 Å². The third kappa shape index (κ3) is 3.09. The number of Topliss-reactive ketones (excluding diaryl/α,β-unsaturated/α-hetero) is 1. The second-order valence-electron chi connectivity index (χ2n) is 5.38. The van der Waals surface area contributed by atoms with E-state index >= 15 is 0 Å². The number of aromatic amines is 1. The summed E-state index contributed by atoms with van der Waals surface area (Å²) in [5, 5.41) is 13.9. The molecule has 7 nitrogen and oxygen atoms in total. The average molecular weight is 358 g/mol. The van der Waals surface area contributed by atoms with Crippen molar-refractivity contribution in [1.82, 2.24) is 4.98 Å². The highest BCUT2D eigenvalue weighted by molar-refractivity contribution is 6.48. The largest absolute Gasteiger partial charge is 0.358 e. The smallest absolute Gasteiger partial charge is 0.296 e. The van der Waals surface area contributed by atoms with Crippen molar-refractivity contribution in [3.8, 4) is 0 Å². The lowest BCUT2D eigenvalue weighted by atomic mass is 10.1. The maximum atomic E-state index is 12.5. The molecule has 25 heavy (non-hydrogen) atoms. The number of nitro groups is 1. The predicted molar refractivity (Wildman–Crippen MR) is 94.1 cm³/mol. The number of para-hydroxylation sites is 1. The van der Waals surface area contributed by atoms with Gasteiger partial charge in [0.2, 0.25) is 0 Å². The standard InChI is InChI=1S/C17H12ClN3O4/c1-9-15(11-4-2-3-5-13(11)19-9)16(22)17(23)20-10-6-7-12(18)14(8-10)21(24)25/h2-8,19H,1H3,(H,20,23). The van der Waals surface area contributed by atoms with E-state index in [9.17, 15) is 19.7 Å². The molecule has 0 aliphatic rings. The zero-order valence-electron chi connectivity index (χ0n) is 13.0. The lowest BCUT2D eigenvalue weighted by molar-refractivity contribution is -0.384. The van der Waals surface area contributed by atoms with E-state index in [1.807, 2.05) is 6.07 Å². The number of halogens is 1. The topological polar surface area (TPSA) is 105 Å². The first-order chi connectivity index (χ1) is 11.9. The van der Waals surface area contributed by atoms with E-state index in [1.54, 1.807) is 25.1 Å². The third-order valence-corrected chi connectivity index (χ3v) is 4.05. The number of ketones is 1. The van der Waals surface area contributed by atoms with E-state index in [2.05, 4.69) is 10.3 Å². The van der Waals surface area contributed by atoms with Crippen LogP contribution in [0.2, 0.25) is 5.02 Å². The molecule has 8 heteroatoms. The molecule has 1 amide bonds. The van der Waals surface area contributed by atoms with Crippen LogP contribution in [0.25, 0.3) is 10.9 Å². The summed E-state index contributed by atoms with van der Waals surface area (Å²) in [5.74, 6) is -1.61. The minimum absolute atomic E-state index is 0.0539. The number of fused-ring (bicyclic) bond motifs is 1. The quantitative estimate of drug-likeness (QED) is 0.320. The van der Waals surface area contributed by atoms with Crippen LogP contribution < -0.4 is 5.32 Å². The molecule has 3 rings (SSSR count). The number of aromatic nitrogens is 1. The maximum absolute atomic E-state index is 12.5. The number of H-pyrrole nitrogens is 1. The summed E-state index contributed by atoms with van der Waals surface area (Å²) < 4.78 is 0. The number of hydrogen-bond donors (Lipinski definition) is 2. The van der Waals surface area contributed by atoms with Crippen LogP contribution in [0.5, 0.6) is 0 Å². The summed E-state index contributed by atoms with van der Waals surface area (Å²) in [7, 11) is 0. The highest BCUT2D eigenvalue weighted by atomic mass is 35.5. The van der Waals surface area contributed by atoms with E-state index in [-0.39, 0.29) is 22.0 Å². The monoisotopic (exact) mass is 357 g/mol. The van der Waals surface area contributed by atoms with Gasteiger partial charge in [0.15, 0.2) is 0 Å². The van der Waals surface area contributed by atoms with Crippen LogP contribution >= 0.6 is 11.6 Å². The van der Waals surface area contributed by atoms with Gasteiger partial charge < -0.3 is 10.3 Å². The second kappa shape index (κ2) is 6.37. The molecule has 0 fully saturated rings. The van der Waals surface area contributed by atoms with Gasteiger partial charge in [-0.1, -0.05) is 29.8 Å². The van der Waals surface area contributed by atoms with Gasteiger partial charge in [0.1, 0.15) is 5.02 Å². The van der Waals surface area contributed by atoms with Crippen LogP contribution in [-0.4, -0.2) is 21.6 Å². The Labute approximate surface area is 146 Å². The fraction of sp³-hybridized carbons (Fsp3) is 0.0588. The highest BCUT2D eigenvalue weighted by Crippen LogP contribution is 2.28. The molecule has 1 heterocycles. The van der Waals surface area contributed by atoms with Gasteiger partial charge >= 0.3 is 0 Å². The fourth-order valence-corrected chi connectivity index (χ4v) is 2.79. The van der Waals surface area contributed by atoms with Crippen molar-refractivity contribution in [2.24, 2.45) is 0 Å². The number of amides is 1. The number of anilines is 1. The van der Waals surface area contributed by atoms with Gasteiger partial charge in [-0.15, -0.1) is 0 Å². The van der Waals surface area contributed by atoms with Gasteiger partial charge in [-0.25, -0.2) is 0 Å². The number of hydrogen-bond acceptors (Lipinski definition) is 4. The first-order valence-electron chi connectivity index (χ1n) is 7.25. The Balaban J connectivity index is 1.91. The number of nitrogens with one attached hydrogen (secondary N) is 2. The molecule has 0 bridgehead atoms. The van der Waals surface area contributed by atoms with Crippen LogP contribution in [-0.2, 0) is 4.79 Å². The summed E-state index contributed by atoms with van der Waals surface area (Å²) in [6.45, 7) is 1.70. The lowest BCUT2D eigenvalue weighted by Crippen LogP contribution is -2.23. The zero-order valence-corrected chi connectivity index (χ0v) is 13.8. The van der Waals surface area contributed by atoms with Gasteiger partial charge in [0.25, 0.3) is 17.4 Å². The van der Waals surface area contributed by atoms with Crippen LogP contribution in [0.3, 0.4) is 0 Å². The fourth-order valence-electron chi connectivity index (χ4n) is 2.60. The van der Waals surface area contributed by atoms with Crippen molar-refractivity contribution in [3.63, 3.8) is 0 Å². The van der Waals surface area contributed by atoms with Gasteiger partial charge in [0, 0.05) is 28.4 Å². The molecule has 2 N–H and O–H groups in total. The predicted octanol–water partition coefficient (Wildman–Crippen LogP) is 3.86. The molecule has 0 radical (unpaired) electrons. The summed E-state index contributed by atoms with van der Waals surface area (Å²) in [5.41, 5.74) is 1.36.